The van der Waals surface area contributed by atoms with Crippen LogP contribution in [0.4, 0.5) is 0 Å². The van der Waals surface area contributed by atoms with Gasteiger partial charge in [0.25, 0.3) is 0 Å². The molecule has 0 amide bonds. The number of aliphatic hydroxyl groups excluding tert-OH is 2. The molecule has 46 heavy (non-hydrogen) atoms. The summed E-state index contributed by atoms with van der Waals surface area (Å²) in [5.41, 5.74) is 0.295. The molecule has 6 nitrogen and oxygen atoms in total. The normalized spacial score (nSPS) is 45.4. The molecule has 0 aromatic heterocycles. The van der Waals surface area contributed by atoms with Crippen LogP contribution in [0, 0.1) is 87.4 Å². The van der Waals surface area contributed by atoms with E-state index in [-0.39, 0.29) is 29.0 Å². The predicted octanol–water partition coefficient (Wildman–Crippen LogP) is 8.23. The lowest BCUT2D eigenvalue weighted by Crippen LogP contribution is -2.53. The number of hydrogen-bond acceptors (Lipinski definition) is 5. The molecule has 0 bridgehead atoms. The first-order chi connectivity index (χ1) is 21.7. The Labute approximate surface area is 279 Å². The standard InChI is InChI=1S/C20H31NO2.C17H28O2.C3H3N/c1-13(22)15-6-7-16-14-5-8-18(23)20(3,11-12-21-4)17(14)9-10-19(15,16)2;1-10-12-8-9-17(3)14(11(2)18)5-6-15(17)13(12)4-7-16(10)19;1-2-3-4/h13-17,22H,5-12H2,1-3H3;10-15,18H,4-9H2,1-3H3;2H,1H2/t13-,14-,15+,16-,17+,19+,20-;10-,11+,12+,13-,14-,15+,17-;/m01./s1. The topological polar surface area (TPSA) is 103 Å². The molecule has 6 fully saturated rings. The minimum absolute atomic E-state index is 0.172. The lowest BCUT2D eigenvalue weighted by Gasteiger charge is -2.55. The molecule has 2 N–H and O–H groups in total. The van der Waals surface area contributed by atoms with Crippen molar-refractivity contribution >= 4 is 11.6 Å². The largest absolute Gasteiger partial charge is 0.393 e. The third-order valence-corrected chi connectivity index (χ3v) is 15.1. The van der Waals surface area contributed by atoms with Crippen LogP contribution in [0.5, 0.6) is 0 Å². The SMILES string of the molecule is C=CC#N.C[C@H](O)[C@H]1CC[C@H]2[C@@H]3CCC(=O)[C@H](C)[C@@H]3CC[C@]12C.[C-]#[N+]CC[C@]1(C)C(=O)CC[C@@H]2[C@H]1CC[C@]1(C)[C@@H]([C@H](C)O)CC[C@@H]21. The van der Waals surface area contributed by atoms with Gasteiger partial charge in [-0.1, -0.05) is 34.3 Å². The van der Waals surface area contributed by atoms with Gasteiger partial charge in [-0.25, -0.2) is 6.57 Å². The fourth-order valence-electron chi connectivity index (χ4n) is 12.7. The van der Waals surface area contributed by atoms with Crippen LogP contribution in [-0.2, 0) is 9.59 Å². The maximum absolute atomic E-state index is 12.7. The second-order valence-electron chi connectivity index (χ2n) is 16.9. The van der Waals surface area contributed by atoms with Gasteiger partial charge >= 0.3 is 0 Å². The van der Waals surface area contributed by atoms with Gasteiger partial charge in [0.1, 0.15) is 11.6 Å². The van der Waals surface area contributed by atoms with Crippen molar-refractivity contribution in [3.05, 3.63) is 24.1 Å². The van der Waals surface area contributed by atoms with Gasteiger partial charge in [-0.05, 0) is 136 Å². The zero-order valence-electron chi connectivity index (χ0n) is 29.6. The zero-order chi connectivity index (χ0) is 34.0. The Morgan fingerprint density at radius 1 is 0.870 bits per heavy atom. The molecule has 6 aliphatic carbocycles. The van der Waals surface area contributed by atoms with Crippen LogP contribution in [0.2, 0.25) is 0 Å². The van der Waals surface area contributed by atoms with Crippen molar-refractivity contribution in [3.8, 4) is 6.07 Å². The zero-order valence-corrected chi connectivity index (χ0v) is 29.6. The van der Waals surface area contributed by atoms with Crippen molar-refractivity contribution in [1.29, 1.82) is 5.26 Å². The molecular weight excluding hydrogens is 572 g/mol. The number of Topliss-reactive ketones (excluding diaryl/α,β-unsaturated/α-hetero) is 2. The Kier molecular flexibility index (Phi) is 11.7. The maximum Gasteiger partial charge on any atom is 0.215 e. The first kappa shape index (κ1) is 36.8. The van der Waals surface area contributed by atoms with Crippen LogP contribution in [0.25, 0.3) is 4.85 Å². The number of fused-ring (bicyclic) bond motifs is 6. The van der Waals surface area contributed by atoms with Crippen molar-refractivity contribution in [3.63, 3.8) is 0 Å². The molecule has 14 atom stereocenters. The second-order valence-corrected chi connectivity index (χ2v) is 16.9. The second kappa shape index (κ2) is 14.6. The summed E-state index contributed by atoms with van der Waals surface area (Å²) in [6.07, 6.45) is 14.6. The molecule has 0 spiro atoms. The number of nitriles is 1. The number of ketones is 2. The van der Waals surface area contributed by atoms with E-state index in [1.807, 2.05) is 13.8 Å². The number of rotatable bonds is 4. The van der Waals surface area contributed by atoms with E-state index in [0.717, 1.165) is 56.8 Å². The molecule has 0 aliphatic heterocycles. The molecule has 6 rings (SSSR count). The quantitative estimate of drug-likeness (QED) is 0.240. The Balaban J connectivity index is 0.000000190. The fourth-order valence-corrected chi connectivity index (χ4v) is 12.7. The van der Waals surface area contributed by atoms with E-state index in [2.05, 4.69) is 39.1 Å². The molecule has 6 aliphatic rings. The monoisotopic (exact) mass is 634 g/mol. The van der Waals surface area contributed by atoms with Gasteiger partial charge in [-0.2, -0.15) is 5.26 Å². The van der Waals surface area contributed by atoms with Gasteiger partial charge in [0.15, 0.2) is 0 Å². The average molecular weight is 635 g/mol. The van der Waals surface area contributed by atoms with Crippen LogP contribution in [0.1, 0.15) is 125 Å². The third-order valence-electron chi connectivity index (χ3n) is 15.1. The van der Waals surface area contributed by atoms with Gasteiger partial charge in [-0.15, -0.1) is 0 Å². The highest BCUT2D eigenvalue weighted by molar-refractivity contribution is 5.85. The summed E-state index contributed by atoms with van der Waals surface area (Å²) in [7, 11) is 0. The van der Waals surface area contributed by atoms with Crippen molar-refractivity contribution in [1.82, 2.24) is 0 Å². The van der Waals surface area contributed by atoms with E-state index in [9.17, 15) is 19.8 Å². The summed E-state index contributed by atoms with van der Waals surface area (Å²) < 4.78 is 0. The number of carbonyl (C=O) groups excluding carboxylic acids is 2. The van der Waals surface area contributed by atoms with Gasteiger partial charge < -0.3 is 15.1 Å². The highest BCUT2D eigenvalue weighted by Gasteiger charge is 2.60. The van der Waals surface area contributed by atoms with E-state index in [0.29, 0.717) is 65.5 Å². The van der Waals surface area contributed by atoms with Crippen molar-refractivity contribution in [2.75, 3.05) is 6.54 Å². The highest BCUT2D eigenvalue weighted by atomic mass is 16.3. The van der Waals surface area contributed by atoms with Crippen molar-refractivity contribution in [2.24, 2.45) is 69.5 Å². The molecule has 256 valence electrons. The van der Waals surface area contributed by atoms with Crippen LogP contribution < -0.4 is 0 Å². The summed E-state index contributed by atoms with van der Waals surface area (Å²) >= 11 is 0. The molecule has 0 unspecified atom stereocenters. The number of nitrogens with zero attached hydrogens (tertiary/aromatic N) is 2. The number of hydrogen-bond donors (Lipinski definition) is 2. The van der Waals surface area contributed by atoms with Crippen LogP contribution in [0.3, 0.4) is 0 Å². The van der Waals surface area contributed by atoms with E-state index in [4.69, 9.17) is 11.8 Å². The van der Waals surface area contributed by atoms with Crippen LogP contribution in [0.15, 0.2) is 12.7 Å². The third kappa shape index (κ3) is 6.52. The average Bonchev–Trinajstić information content (AvgIpc) is 3.57. The maximum atomic E-state index is 12.7. The van der Waals surface area contributed by atoms with Crippen LogP contribution >= 0.6 is 0 Å². The van der Waals surface area contributed by atoms with E-state index >= 15 is 0 Å². The van der Waals surface area contributed by atoms with E-state index in [1.54, 1.807) is 6.07 Å². The predicted molar refractivity (Wildman–Crippen MR) is 182 cm³/mol. The Bertz CT molecular complexity index is 1200. The van der Waals surface area contributed by atoms with Gasteiger partial charge in [0.2, 0.25) is 6.54 Å². The minimum Gasteiger partial charge on any atom is -0.393 e. The van der Waals surface area contributed by atoms with E-state index < -0.39 is 0 Å². The van der Waals surface area contributed by atoms with Gasteiger partial charge in [-0.3, -0.25) is 9.59 Å². The molecule has 0 aromatic rings. The molecule has 0 radical (unpaired) electrons. The Hall–Kier alpha value is -2.02. The van der Waals surface area contributed by atoms with E-state index in [1.165, 1.54) is 38.2 Å². The molecular formula is C40H62N2O4. The Morgan fingerprint density at radius 2 is 1.39 bits per heavy atom. The summed E-state index contributed by atoms with van der Waals surface area (Å²) in [6.45, 7) is 23.7. The minimum atomic E-state index is -0.280. The summed E-state index contributed by atoms with van der Waals surface area (Å²) in [4.78, 5) is 28.2. The number of aliphatic hydroxyl groups is 2. The first-order valence-corrected chi connectivity index (χ1v) is 18.5. The van der Waals surface area contributed by atoms with Crippen molar-refractivity contribution in [2.45, 2.75) is 137 Å². The number of allylic oxidation sites excluding steroid dienone is 1. The van der Waals surface area contributed by atoms with Gasteiger partial charge in [0, 0.05) is 36.7 Å². The molecule has 6 saturated carbocycles. The molecule has 6 heteroatoms. The lowest BCUT2D eigenvalue weighted by atomic mass is 9.48. The Morgan fingerprint density at radius 3 is 1.91 bits per heavy atom. The van der Waals surface area contributed by atoms with Crippen LogP contribution in [-0.4, -0.2) is 40.5 Å². The van der Waals surface area contributed by atoms with Crippen molar-refractivity contribution < 1.29 is 19.8 Å². The smallest absolute Gasteiger partial charge is 0.215 e. The summed E-state index contributed by atoms with van der Waals surface area (Å²) in [5, 5.41) is 27.8. The molecule has 0 heterocycles. The van der Waals surface area contributed by atoms with Gasteiger partial charge in [0.05, 0.1) is 18.3 Å². The lowest BCUT2D eigenvalue weighted by molar-refractivity contribution is -0.146. The fraction of sp³-hybridized carbons (Fsp3) is 0.850. The number of carbonyl (C=O) groups is 2. The molecule has 0 saturated heterocycles. The summed E-state index contributed by atoms with van der Waals surface area (Å²) in [5.74, 6) is 5.93. The highest BCUT2D eigenvalue weighted by Crippen LogP contribution is 2.65. The summed E-state index contributed by atoms with van der Waals surface area (Å²) in [6, 6.07) is 1.69. The first-order valence-electron chi connectivity index (χ1n) is 18.5. The molecule has 0 aromatic carbocycles.